The third-order valence-electron chi connectivity index (χ3n) is 4.49. The predicted molar refractivity (Wildman–Crippen MR) is 77.0 cm³/mol. The van der Waals surface area contributed by atoms with Crippen molar-refractivity contribution in [3.05, 3.63) is 24.2 Å². The Kier molecular flexibility index (Phi) is 4.57. The molecule has 0 unspecified atom stereocenters. The Bertz CT molecular complexity index is 353. The molecule has 0 radical (unpaired) electrons. The molecular weight excluding hydrogens is 236 g/mol. The highest BCUT2D eigenvalue weighted by atomic mass is 16.3. The van der Waals surface area contributed by atoms with E-state index < -0.39 is 0 Å². The zero-order valence-electron chi connectivity index (χ0n) is 11.8. The van der Waals surface area contributed by atoms with E-state index in [0.29, 0.717) is 0 Å². The maximum Gasteiger partial charge on any atom is 0.117 e. The molecule has 0 amide bonds. The van der Waals surface area contributed by atoms with Gasteiger partial charge in [0.05, 0.1) is 12.8 Å². The second-order valence-corrected chi connectivity index (χ2v) is 6.14. The highest BCUT2D eigenvalue weighted by Gasteiger charge is 2.29. The fourth-order valence-corrected chi connectivity index (χ4v) is 3.18. The molecule has 1 heterocycles. The fraction of sp³-hybridized carbons (Fsp3) is 0.750. The van der Waals surface area contributed by atoms with Crippen molar-refractivity contribution in [1.29, 1.82) is 0 Å². The van der Waals surface area contributed by atoms with Crippen LogP contribution in [0.4, 0.5) is 0 Å². The van der Waals surface area contributed by atoms with Gasteiger partial charge in [-0.1, -0.05) is 12.8 Å². The maximum atomic E-state index is 5.47. The van der Waals surface area contributed by atoms with Crippen LogP contribution in [-0.2, 0) is 6.54 Å². The SMILES string of the molecule is c1coc(CN(CCNCC2CCCC2)C2CC2)c1. The van der Waals surface area contributed by atoms with Crippen LogP contribution in [0.2, 0.25) is 0 Å². The molecule has 106 valence electrons. The molecule has 0 bridgehead atoms. The summed E-state index contributed by atoms with van der Waals surface area (Å²) in [4.78, 5) is 2.57. The molecule has 2 saturated carbocycles. The predicted octanol–water partition coefficient (Wildman–Crippen LogP) is 3.02. The molecule has 3 nitrogen and oxygen atoms in total. The lowest BCUT2D eigenvalue weighted by molar-refractivity contribution is 0.232. The van der Waals surface area contributed by atoms with E-state index in [0.717, 1.165) is 37.4 Å². The Balaban J connectivity index is 1.36. The lowest BCUT2D eigenvalue weighted by Crippen LogP contribution is -2.34. The number of nitrogens with zero attached hydrogens (tertiary/aromatic N) is 1. The summed E-state index contributed by atoms with van der Waals surface area (Å²) in [7, 11) is 0. The van der Waals surface area contributed by atoms with Gasteiger partial charge >= 0.3 is 0 Å². The first kappa shape index (κ1) is 13.2. The lowest BCUT2D eigenvalue weighted by atomic mass is 10.1. The summed E-state index contributed by atoms with van der Waals surface area (Å²) in [6.07, 6.45) is 10.3. The van der Waals surface area contributed by atoms with Gasteiger partial charge in [-0.25, -0.2) is 0 Å². The van der Waals surface area contributed by atoms with Crippen LogP contribution >= 0.6 is 0 Å². The smallest absolute Gasteiger partial charge is 0.117 e. The van der Waals surface area contributed by atoms with Crippen LogP contribution in [0, 0.1) is 5.92 Å². The van der Waals surface area contributed by atoms with Crippen LogP contribution in [-0.4, -0.2) is 30.6 Å². The molecule has 1 aromatic rings. The van der Waals surface area contributed by atoms with Gasteiger partial charge in [-0.2, -0.15) is 0 Å². The molecule has 2 fully saturated rings. The molecule has 3 heteroatoms. The van der Waals surface area contributed by atoms with Gasteiger partial charge in [-0.05, 0) is 50.3 Å². The summed E-state index contributed by atoms with van der Waals surface area (Å²) in [5.41, 5.74) is 0. The van der Waals surface area contributed by atoms with Crippen LogP contribution in [0.25, 0.3) is 0 Å². The number of nitrogens with one attached hydrogen (secondary N) is 1. The van der Waals surface area contributed by atoms with Crippen molar-refractivity contribution in [2.75, 3.05) is 19.6 Å². The molecule has 2 aliphatic rings. The highest BCUT2D eigenvalue weighted by molar-refractivity contribution is 4.99. The Morgan fingerprint density at radius 2 is 2.05 bits per heavy atom. The number of hydrogen-bond donors (Lipinski definition) is 1. The molecule has 3 rings (SSSR count). The third kappa shape index (κ3) is 4.08. The molecule has 0 atom stereocenters. The van der Waals surface area contributed by atoms with Crippen LogP contribution in [0.5, 0.6) is 0 Å². The van der Waals surface area contributed by atoms with Gasteiger partial charge in [-0.3, -0.25) is 4.90 Å². The normalized spacial score (nSPS) is 20.5. The number of hydrogen-bond acceptors (Lipinski definition) is 3. The first-order chi connectivity index (χ1) is 9.42. The Labute approximate surface area is 116 Å². The summed E-state index contributed by atoms with van der Waals surface area (Å²) in [6.45, 7) is 4.47. The zero-order valence-corrected chi connectivity index (χ0v) is 11.8. The van der Waals surface area contributed by atoms with Crippen molar-refractivity contribution in [3.63, 3.8) is 0 Å². The molecular formula is C16H26N2O. The molecule has 2 aliphatic carbocycles. The largest absolute Gasteiger partial charge is 0.468 e. The average Bonchev–Trinajstić information content (AvgIpc) is 2.92. The van der Waals surface area contributed by atoms with Gasteiger partial charge in [0, 0.05) is 19.1 Å². The minimum atomic E-state index is 0.804. The minimum Gasteiger partial charge on any atom is -0.468 e. The highest BCUT2D eigenvalue weighted by Crippen LogP contribution is 2.28. The zero-order chi connectivity index (χ0) is 12.9. The number of rotatable bonds is 8. The fourth-order valence-electron chi connectivity index (χ4n) is 3.18. The molecule has 19 heavy (non-hydrogen) atoms. The van der Waals surface area contributed by atoms with Crippen molar-refractivity contribution in [2.24, 2.45) is 5.92 Å². The number of furan rings is 1. The maximum absolute atomic E-state index is 5.47. The first-order valence-electron chi connectivity index (χ1n) is 7.89. The molecule has 0 aromatic carbocycles. The summed E-state index contributed by atoms with van der Waals surface area (Å²) < 4.78 is 5.47. The third-order valence-corrected chi connectivity index (χ3v) is 4.49. The van der Waals surface area contributed by atoms with Gasteiger partial charge in [0.1, 0.15) is 5.76 Å². The van der Waals surface area contributed by atoms with Crippen LogP contribution in [0.1, 0.15) is 44.3 Å². The first-order valence-corrected chi connectivity index (χ1v) is 7.89. The standard InChI is InChI=1S/C16H26N2O/c1-2-5-14(4-1)12-17-9-10-18(15-7-8-15)13-16-6-3-11-19-16/h3,6,11,14-15,17H,1-2,4-5,7-10,12-13H2. The summed E-state index contributed by atoms with van der Waals surface area (Å²) in [5.74, 6) is 2.04. The monoisotopic (exact) mass is 262 g/mol. The van der Waals surface area contributed by atoms with E-state index in [1.54, 1.807) is 6.26 Å². The Morgan fingerprint density at radius 1 is 1.21 bits per heavy atom. The van der Waals surface area contributed by atoms with Gasteiger partial charge in [0.15, 0.2) is 0 Å². The van der Waals surface area contributed by atoms with E-state index >= 15 is 0 Å². The molecule has 0 saturated heterocycles. The molecule has 0 aliphatic heterocycles. The van der Waals surface area contributed by atoms with Crippen molar-refractivity contribution in [2.45, 2.75) is 51.1 Å². The van der Waals surface area contributed by atoms with Crippen molar-refractivity contribution in [1.82, 2.24) is 10.2 Å². The van der Waals surface area contributed by atoms with E-state index in [9.17, 15) is 0 Å². The van der Waals surface area contributed by atoms with Gasteiger partial charge in [0.25, 0.3) is 0 Å². The topological polar surface area (TPSA) is 28.4 Å². The van der Waals surface area contributed by atoms with E-state index in [2.05, 4.69) is 16.3 Å². The summed E-state index contributed by atoms with van der Waals surface area (Å²) in [6, 6.07) is 4.87. The Hall–Kier alpha value is -0.800. The average molecular weight is 262 g/mol. The minimum absolute atomic E-state index is 0.804. The molecule has 0 spiro atoms. The second kappa shape index (κ2) is 6.58. The molecule has 1 N–H and O–H groups in total. The quantitative estimate of drug-likeness (QED) is 0.730. The van der Waals surface area contributed by atoms with Crippen molar-refractivity contribution >= 4 is 0 Å². The van der Waals surface area contributed by atoms with Crippen LogP contribution < -0.4 is 5.32 Å². The van der Waals surface area contributed by atoms with Gasteiger partial charge < -0.3 is 9.73 Å². The molecule has 1 aromatic heterocycles. The summed E-state index contributed by atoms with van der Waals surface area (Å²) >= 11 is 0. The van der Waals surface area contributed by atoms with Crippen LogP contribution in [0.3, 0.4) is 0 Å². The van der Waals surface area contributed by atoms with E-state index in [1.807, 2.05) is 6.07 Å². The van der Waals surface area contributed by atoms with E-state index in [4.69, 9.17) is 4.42 Å². The van der Waals surface area contributed by atoms with Crippen molar-refractivity contribution in [3.8, 4) is 0 Å². The van der Waals surface area contributed by atoms with E-state index in [-0.39, 0.29) is 0 Å². The van der Waals surface area contributed by atoms with Gasteiger partial charge in [0.2, 0.25) is 0 Å². The second-order valence-electron chi connectivity index (χ2n) is 6.14. The van der Waals surface area contributed by atoms with Gasteiger partial charge in [-0.15, -0.1) is 0 Å². The van der Waals surface area contributed by atoms with Crippen LogP contribution in [0.15, 0.2) is 22.8 Å². The van der Waals surface area contributed by atoms with E-state index in [1.165, 1.54) is 45.1 Å². The lowest BCUT2D eigenvalue weighted by Gasteiger charge is -2.21. The van der Waals surface area contributed by atoms with Crippen molar-refractivity contribution < 1.29 is 4.42 Å². The Morgan fingerprint density at radius 3 is 2.74 bits per heavy atom. The summed E-state index contributed by atoms with van der Waals surface area (Å²) in [5, 5.41) is 3.65.